The number of nitrogens with zero attached hydrogens (tertiary/aromatic N) is 2. The van der Waals surface area contributed by atoms with Gasteiger partial charge in [-0.05, 0) is 67.2 Å². The van der Waals surface area contributed by atoms with Crippen molar-refractivity contribution in [2.24, 2.45) is 11.3 Å². The summed E-state index contributed by atoms with van der Waals surface area (Å²) in [6.07, 6.45) is 7.79. The molecule has 1 amide bonds. The third-order valence-electron chi connectivity index (χ3n) is 6.89. The normalized spacial score (nSPS) is 22.3. The summed E-state index contributed by atoms with van der Waals surface area (Å²) in [5.41, 5.74) is 5.25. The molecule has 0 bridgehead atoms. The quantitative estimate of drug-likeness (QED) is 0.646. The molecule has 0 radical (unpaired) electrons. The minimum atomic E-state index is -0.257. The number of halogens is 1. The number of benzene rings is 2. The maximum Gasteiger partial charge on any atom is 0.224 e. The number of carbonyl (C=O) groups excluding carboxylic acids is 1. The van der Waals surface area contributed by atoms with Crippen molar-refractivity contribution in [3.05, 3.63) is 89.0 Å². The van der Waals surface area contributed by atoms with Gasteiger partial charge in [-0.25, -0.2) is 9.07 Å². The first kappa shape index (κ1) is 19.7. The van der Waals surface area contributed by atoms with Crippen molar-refractivity contribution in [1.29, 1.82) is 0 Å². The molecule has 1 unspecified atom stereocenters. The Balaban J connectivity index is 1.41. The Kier molecular flexibility index (Phi) is 4.97. The molecule has 2 atom stereocenters. The predicted octanol–water partition coefficient (Wildman–Crippen LogP) is 5.07. The van der Waals surface area contributed by atoms with Gasteiger partial charge in [-0.2, -0.15) is 5.10 Å². The monoisotopic (exact) mass is 415 g/mol. The van der Waals surface area contributed by atoms with E-state index in [1.165, 1.54) is 17.7 Å². The Labute approximate surface area is 181 Å². The lowest BCUT2D eigenvalue weighted by Gasteiger charge is -2.45. The van der Waals surface area contributed by atoms with Crippen LogP contribution in [0.15, 0.2) is 66.4 Å². The molecule has 5 rings (SSSR count). The minimum absolute atomic E-state index is 0.0569. The maximum atomic E-state index is 13.3. The van der Waals surface area contributed by atoms with Gasteiger partial charge >= 0.3 is 0 Å². The number of carbonyl (C=O) groups is 1. The highest BCUT2D eigenvalue weighted by Gasteiger charge is 2.46. The lowest BCUT2D eigenvalue weighted by molar-refractivity contribution is -0.129. The van der Waals surface area contributed by atoms with Crippen molar-refractivity contribution < 1.29 is 9.18 Å². The summed E-state index contributed by atoms with van der Waals surface area (Å²) < 4.78 is 15.2. The Hall–Kier alpha value is -3.21. The van der Waals surface area contributed by atoms with Crippen molar-refractivity contribution >= 4 is 12.0 Å². The van der Waals surface area contributed by atoms with Crippen LogP contribution in [-0.4, -0.2) is 15.7 Å². The number of aromatic nitrogens is 2. The molecule has 0 saturated heterocycles. The summed E-state index contributed by atoms with van der Waals surface area (Å²) in [7, 11) is 0. The predicted molar refractivity (Wildman–Crippen MR) is 119 cm³/mol. The molecule has 4 nitrogen and oxygen atoms in total. The zero-order valence-corrected chi connectivity index (χ0v) is 17.6. The topological polar surface area (TPSA) is 46.9 Å². The van der Waals surface area contributed by atoms with Gasteiger partial charge < -0.3 is 5.32 Å². The summed E-state index contributed by atoms with van der Waals surface area (Å²) in [6.45, 7) is 2.78. The highest BCUT2D eigenvalue weighted by molar-refractivity contribution is 5.81. The van der Waals surface area contributed by atoms with Gasteiger partial charge in [-0.15, -0.1) is 0 Å². The molecule has 31 heavy (non-hydrogen) atoms. The lowest BCUT2D eigenvalue weighted by Crippen LogP contribution is -2.45. The van der Waals surface area contributed by atoms with Gasteiger partial charge in [0.15, 0.2) is 0 Å². The number of nitrogens with one attached hydrogen (secondary N) is 1. The van der Waals surface area contributed by atoms with Crippen molar-refractivity contribution in [3.63, 3.8) is 0 Å². The second-order valence-corrected chi connectivity index (χ2v) is 8.86. The molecule has 5 heteroatoms. The first-order valence-corrected chi connectivity index (χ1v) is 10.9. The Morgan fingerprint density at radius 2 is 1.97 bits per heavy atom. The maximum absolute atomic E-state index is 13.3. The third-order valence-corrected chi connectivity index (χ3v) is 6.89. The van der Waals surface area contributed by atoms with Crippen molar-refractivity contribution in [2.75, 3.05) is 0 Å². The molecule has 1 saturated carbocycles. The van der Waals surface area contributed by atoms with E-state index in [2.05, 4.69) is 23.4 Å². The fourth-order valence-corrected chi connectivity index (χ4v) is 5.16. The van der Waals surface area contributed by atoms with Crippen molar-refractivity contribution in [3.8, 4) is 5.69 Å². The smallest absolute Gasteiger partial charge is 0.224 e. The number of fused-ring (bicyclic) bond motifs is 2. The minimum Gasteiger partial charge on any atom is -0.352 e. The SMILES string of the molecule is C[C@]12Cc3cnn(-c4ccc(F)cc4)c3C=C1CCCC2C(=O)NCc1ccccc1. The van der Waals surface area contributed by atoms with E-state index in [0.29, 0.717) is 6.54 Å². The van der Waals surface area contributed by atoms with E-state index in [1.54, 1.807) is 12.1 Å². The molecule has 2 aromatic carbocycles. The first-order chi connectivity index (χ1) is 15.0. The number of allylic oxidation sites excluding steroid dienone is 1. The van der Waals surface area contributed by atoms with Gasteiger partial charge in [0.1, 0.15) is 5.82 Å². The average molecular weight is 416 g/mol. The van der Waals surface area contributed by atoms with E-state index in [9.17, 15) is 9.18 Å². The van der Waals surface area contributed by atoms with Gasteiger partial charge in [0, 0.05) is 17.9 Å². The van der Waals surface area contributed by atoms with Gasteiger partial charge in [-0.1, -0.05) is 42.8 Å². The molecular weight excluding hydrogens is 389 g/mol. The van der Waals surface area contributed by atoms with Crippen LogP contribution in [0.5, 0.6) is 0 Å². The lowest BCUT2D eigenvalue weighted by atomic mass is 9.59. The van der Waals surface area contributed by atoms with E-state index < -0.39 is 0 Å². The van der Waals surface area contributed by atoms with Crippen LogP contribution in [-0.2, 0) is 17.8 Å². The molecule has 0 aliphatic heterocycles. The van der Waals surface area contributed by atoms with Gasteiger partial charge in [0.25, 0.3) is 0 Å². The second kappa shape index (κ2) is 7.80. The standard InChI is InChI=1S/C26H26FN3O/c1-26-15-19-17-29-30(22-12-10-21(27)11-13-22)24(19)14-20(26)8-5-9-23(26)25(31)28-16-18-6-3-2-4-7-18/h2-4,6-7,10-14,17,23H,5,8-9,15-16H2,1H3,(H,28,31)/t23?,26-/m0/s1. The molecule has 1 aromatic heterocycles. The van der Waals surface area contributed by atoms with E-state index in [0.717, 1.165) is 48.2 Å². The van der Waals surface area contributed by atoms with Crippen LogP contribution in [0.25, 0.3) is 11.8 Å². The van der Waals surface area contributed by atoms with Crippen LogP contribution in [0.1, 0.15) is 43.0 Å². The van der Waals surface area contributed by atoms with Crippen LogP contribution in [0.4, 0.5) is 4.39 Å². The van der Waals surface area contributed by atoms with Crippen LogP contribution < -0.4 is 5.32 Å². The Bertz CT molecular complexity index is 1130. The van der Waals surface area contributed by atoms with Crippen LogP contribution in [0, 0.1) is 17.2 Å². The van der Waals surface area contributed by atoms with Crippen LogP contribution in [0.3, 0.4) is 0 Å². The van der Waals surface area contributed by atoms with E-state index in [1.807, 2.05) is 41.2 Å². The number of hydrogen-bond donors (Lipinski definition) is 1. The molecule has 1 fully saturated rings. The zero-order chi connectivity index (χ0) is 21.4. The van der Waals surface area contributed by atoms with E-state index in [4.69, 9.17) is 0 Å². The van der Waals surface area contributed by atoms with Crippen LogP contribution >= 0.6 is 0 Å². The fraction of sp³-hybridized carbons (Fsp3) is 0.308. The van der Waals surface area contributed by atoms with Crippen molar-refractivity contribution in [1.82, 2.24) is 15.1 Å². The molecule has 1 N–H and O–H groups in total. The summed E-state index contributed by atoms with van der Waals surface area (Å²) in [5, 5.41) is 7.75. The number of hydrogen-bond acceptors (Lipinski definition) is 2. The zero-order valence-electron chi connectivity index (χ0n) is 17.6. The second-order valence-electron chi connectivity index (χ2n) is 8.86. The van der Waals surface area contributed by atoms with Gasteiger partial charge in [0.05, 0.1) is 17.6 Å². The summed E-state index contributed by atoms with van der Waals surface area (Å²) in [6, 6.07) is 16.4. The first-order valence-electron chi connectivity index (χ1n) is 10.9. The van der Waals surface area contributed by atoms with Gasteiger partial charge in [-0.3, -0.25) is 4.79 Å². The summed E-state index contributed by atoms with van der Waals surface area (Å²) in [5.74, 6) is -0.183. The van der Waals surface area contributed by atoms with E-state index >= 15 is 0 Å². The summed E-state index contributed by atoms with van der Waals surface area (Å²) in [4.78, 5) is 13.2. The molecule has 1 heterocycles. The molecule has 3 aromatic rings. The van der Waals surface area contributed by atoms with Crippen LogP contribution in [0.2, 0.25) is 0 Å². The number of rotatable bonds is 4. The summed E-state index contributed by atoms with van der Waals surface area (Å²) >= 11 is 0. The average Bonchev–Trinajstić information content (AvgIpc) is 3.18. The molecule has 2 aliphatic carbocycles. The molecule has 158 valence electrons. The van der Waals surface area contributed by atoms with Crippen molar-refractivity contribution in [2.45, 2.75) is 39.2 Å². The van der Waals surface area contributed by atoms with Gasteiger partial charge in [0.2, 0.25) is 5.91 Å². The largest absolute Gasteiger partial charge is 0.352 e. The Morgan fingerprint density at radius 1 is 1.19 bits per heavy atom. The fourth-order valence-electron chi connectivity index (χ4n) is 5.16. The highest BCUT2D eigenvalue weighted by Crippen LogP contribution is 2.51. The molecule has 2 aliphatic rings. The third kappa shape index (κ3) is 3.58. The molecule has 0 spiro atoms. The molecular formula is C26H26FN3O. The highest BCUT2D eigenvalue weighted by atomic mass is 19.1. The number of amides is 1. The Morgan fingerprint density at radius 3 is 2.74 bits per heavy atom. The van der Waals surface area contributed by atoms with E-state index in [-0.39, 0.29) is 23.1 Å².